The molecule has 3 rings (SSSR count). The molecule has 3 aromatic carbocycles. The summed E-state index contributed by atoms with van der Waals surface area (Å²) >= 11 is 5.95. The van der Waals surface area contributed by atoms with E-state index in [1.54, 1.807) is 38.1 Å². The average molecular weight is 546 g/mol. The molecular weight excluding hydrogens is 517 g/mol. The molecule has 0 fully saturated rings. The van der Waals surface area contributed by atoms with Gasteiger partial charge in [0.25, 0.3) is 10.0 Å². The van der Waals surface area contributed by atoms with Gasteiger partial charge in [0.15, 0.2) is 0 Å². The topological polar surface area (TPSA) is 86.8 Å². The number of nitrogens with zero attached hydrogens (tertiary/aromatic N) is 2. The summed E-state index contributed by atoms with van der Waals surface area (Å²) in [5.74, 6) is -1.42. The van der Waals surface area contributed by atoms with E-state index >= 15 is 0 Å². The highest BCUT2D eigenvalue weighted by Gasteiger charge is 2.32. The zero-order valence-corrected chi connectivity index (χ0v) is 22.4. The number of hydrogen-bond acceptors (Lipinski definition) is 4. The second kappa shape index (κ2) is 12.2. The van der Waals surface area contributed by atoms with Crippen LogP contribution in [0.5, 0.6) is 0 Å². The van der Waals surface area contributed by atoms with Gasteiger partial charge in [0.05, 0.1) is 10.6 Å². The van der Waals surface area contributed by atoms with E-state index in [4.69, 9.17) is 11.6 Å². The van der Waals surface area contributed by atoms with Crippen molar-refractivity contribution in [1.82, 2.24) is 10.2 Å². The fourth-order valence-electron chi connectivity index (χ4n) is 3.66. The van der Waals surface area contributed by atoms with Crippen LogP contribution in [0.25, 0.3) is 0 Å². The molecule has 0 unspecified atom stereocenters. The third kappa shape index (κ3) is 7.08. The molecule has 0 aliphatic carbocycles. The van der Waals surface area contributed by atoms with E-state index in [2.05, 4.69) is 5.32 Å². The van der Waals surface area contributed by atoms with Gasteiger partial charge in [0.2, 0.25) is 11.8 Å². The van der Waals surface area contributed by atoms with E-state index in [0.29, 0.717) is 22.8 Å². The summed E-state index contributed by atoms with van der Waals surface area (Å²) in [5, 5.41) is 3.06. The number of amides is 2. The molecule has 196 valence electrons. The van der Waals surface area contributed by atoms with Crippen molar-refractivity contribution >= 4 is 39.1 Å². The van der Waals surface area contributed by atoms with E-state index in [1.807, 2.05) is 6.92 Å². The normalized spacial score (nSPS) is 12.0. The molecule has 0 heterocycles. The van der Waals surface area contributed by atoms with E-state index in [1.165, 1.54) is 53.4 Å². The van der Waals surface area contributed by atoms with Gasteiger partial charge in [0, 0.05) is 18.1 Å². The Hall–Kier alpha value is -3.43. The van der Waals surface area contributed by atoms with Gasteiger partial charge in [0.1, 0.15) is 18.4 Å². The number of rotatable bonds is 10. The van der Waals surface area contributed by atoms with Gasteiger partial charge in [-0.15, -0.1) is 0 Å². The summed E-state index contributed by atoms with van der Waals surface area (Å²) in [4.78, 5) is 27.6. The zero-order chi connectivity index (χ0) is 27.2. The molecule has 0 radical (unpaired) electrons. The first-order valence-electron chi connectivity index (χ1n) is 11.7. The van der Waals surface area contributed by atoms with Crippen molar-refractivity contribution in [3.63, 3.8) is 0 Å². The van der Waals surface area contributed by atoms with E-state index in [0.717, 1.165) is 9.87 Å². The Morgan fingerprint density at radius 1 is 0.973 bits per heavy atom. The zero-order valence-electron chi connectivity index (χ0n) is 20.8. The van der Waals surface area contributed by atoms with Gasteiger partial charge < -0.3 is 10.2 Å². The van der Waals surface area contributed by atoms with Crippen LogP contribution in [0.3, 0.4) is 0 Å². The number of nitrogens with one attached hydrogen (secondary N) is 1. The molecule has 7 nitrogen and oxygen atoms in total. The maximum Gasteiger partial charge on any atom is 0.264 e. The van der Waals surface area contributed by atoms with Gasteiger partial charge in [-0.3, -0.25) is 13.9 Å². The van der Waals surface area contributed by atoms with E-state index in [9.17, 15) is 22.4 Å². The molecule has 10 heteroatoms. The number of anilines is 1. The van der Waals surface area contributed by atoms with Crippen LogP contribution >= 0.6 is 11.6 Å². The van der Waals surface area contributed by atoms with Crippen LogP contribution in [-0.2, 0) is 26.2 Å². The van der Waals surface area contributed by atoms with Crippen molar-refractivity contribution in [3.05, 3.63) is 94.8 Å². The number of benzene rings is 3. The highest BCUT2D eigenvalue weighted by molar-refractivity contribution is 7.92. The fraction of sp³-hybridized carbons (Fsp3) is 0.259. The highest BCUT2D eigenvalue weighted by atomic mass is 35.5. The summed E-state index contributed by atoms with van der Waals surface area (Å²) in [6.45, 7) is 4.98. The lowest BCUT2D eigenvalue weighted by molar-refractivity contribution is -0.139. The van der Waals surface area contributed by atoms with Crippen LogP contribution in [0.15, 0.2) is 77.7 Å². The molecule has 1 N–H and O–H groups in total. The predicted octanol–water partition coefficient (Wildman–Crippen LogP) is 4.54. The summed E-state index contributed by atoms with van der Waals surface area (Å²) < 4.78 is 41.8. The van der Waals surface area contributed by atoms with Gasteiger partial charge >= 0.3 is 0 Å². The second-order valence-corrected chi connectivity index (χ2v) is 10.8. The Balaban J connectivity index is 2.01. The molecule has 0 saturated carbocycles. The first kappa shape index (κ1) is 28.1. The van der Waals surface area contributed by atoms with Crippen LogP contribution in [0.4, 0.5) is 10.1 Å². The van der Waals surface area contributed by atoms with Gasteiger partial charge in [-0.1, -0.05) is 41.4 Å². The quantitative estimate of drug-likeness (QED) is 0.405. The standard InChI is InChI=1S/C27H29ClFN3O4S/c1-4-30-27(34)20(3)31(17-21-7-11-23(29)12-8-21)26(33)18-32(24-13-5-19(2)6-14-24)37(35,36)25-15-9-22(28)10-16-25/h5-16,20H,4,17-18H2,1-3H3,(H,30,34)/t20-/m0/s1. The van der Waals surface area contributed by atoms with Crippen LogP contribution < -0.4 is 9.62 Å². The Kier molecular flexibility index (Phi) is 9.29. The van der Waals surface area contributed by atoms with Gasteiger partial charge in [-0.25, -0.2) is 12.8 Å². The summed E-state index contributed by atoms with van der Waals surface area (Å²) in [6, 6.07) is 17.0. The van der Waals surface area contributed by atoms with Crippen molar-refractivity contribution in [2.75, 3.05) is 17.4 Å². The molecule has 0 aliphatic rings. The summed E-state index contributed by atoms with van der Waals surface area (Å²) in [5.41, 5.74) is 1.80. The first-order chi connectivity index (χ1) is 17.5. The molecule has 0 aromatic heterocycles. The molecule has 1 atom stereocenters. The number of halogens is 2. The van der Waals surface area contributed by atoms with Crippen molar-refractivity contribution in [2.45, 2.75) is 38.3 Å². The summed E-state index contributed by atoms with van der Waals surface area (Å²) in [6.07, 6.45) is 0. The maximum atomic E-state index is 13.7. The minimum Gasteiger partial charge on any atom is -0.355 e. The van der Waals surface area contributed by atoms with Gasteiger partial charge in [-0.2, -0.15) is 0 Å². The minimum atomic E-state index is -4.17. The first-order valence-corrected chi connectivity index (χ1v) is 13.5. The molecular formula is C27H29ClFN3O4S. The smallest absolute Gasteiger partial charge is 0.264 e. The molecule has 0 spiro atoms. The monoisotopic (exact) mass is 545 g/mol. The number of sulfonamides is 1. The van der Waals surface area contributed by atoms with Crippen molar-refractivity contribution in [2.24, 2.45) is 0 Å². The van der Waals surface area contributed by atoms with Crippen molar-refractivity contribution in [1.29, 1.82) is 0 Å². The lowest BCUT2D eigenvalue weighted by atomic mass is 10.1. The number of aryl methyl sites for hydroxylation is 1. The number of likely N-dealkylation sites (N-methyl/N-ethyl adjacent to an activating group) is 1. The largest absolute Gasteiger partial charge is 0.355 e. The molecule has 0 saturated heterocycles. The number of hydrogen-bond donors (Lipinski definition) is 1. The molecule has 37 heavy (non-hydrogen) atoms. The van der Waals surface area contributed by atoms with Crippen LogP contribution in [0, 0.1) is 12.7 Å². The molecule has 0 aliphatic heterocycles. The average Bonchev–Trinajstić information content (AvgIpc) is 2.87. The third-order valence-corrected chi connectivity index (χ3v) is 7.83. The van der Waals surface area contributed by atoms with Crippen molar-refractivity contribution in [3.8, 4) is 0 Å². The Bertz CT molecular complexity index is 1330. The van der Waals surface area contributed by atoms with Gasteiger partial charge in [-0.05, 0) is 74.9 Å². The maximum absolute atomic E-state index is 13.7. The SMILES string of the molecule is CCNC(=O)[C@H](C)N(Cc1ccc(F)cc1)C(=O)CN(c1ccc(C)cc1)S(=O)(=O)c1ccc(Cl)cc1. The lowest BCUT2D eigenvalue weighted by Crippen LogP contribution is -2.51. The van der Waals surface area contributed by atoms with Crippen molar-refractivity contribution < 1.29 is 22.4 Å². The predicted molar refractivity (Wildman–Crippen MR) is 142 cm³/mol. The second-order valence-electron chi connectivity index (χ2n) is 8.52. The van der Waals surface area contributed by atoms with E-state index in [-0.39, 0.29) is 17.3 Å². The number of carbonyl (C=O) groups excluding carboxylic acids is 2. The number of carbonyl (C=O) groups is 2. The Labute approximate surface area is 221 Å². The minimum absolute atomic E-state index is 0.0137. The van der Waals surface area contributed by atoms with Crippen LogP contribution in [0.1, 0.15) is 25.0 Å². The highest BCUT2D eigenvalue weighted by Crippen LogP contribution is 2.26. The van der Waals surface area contributed by atoms with E-state index < -0.39 is 34.3 Å². The Morgan fingerprint density at radius 2 is 1.57 bits per heavy atom. The third-order valence-electron chi connectivity index (χ3n) is 5.79. The lowest BCUT2D eigenvalue weighted by Gasteiger charge is -2.32. The summed E-state index contributed by atoms with van der Waals surface area (Å²) in [7, 11) is -4.17. The van der Waals surface area contributed by atoms with Crippen LogP contribution in [-0.4, -0.2) is 44.3 Å². The fourth-order valence-corrected chi connectivity index (χ4v) is 5.20. The molecule has 0 bridgehead atoms. The van der Waals surface area contributed by atoms with Crippen LogP contribution in [0.2, 0.25) is 5.02 Å². The molecule has 3 aromatic rings. The molecule has 2 amide bonds. The Morgan fingerprint density at radius 3 is 2.14 bits per heavy atom.